The van der Waals surface area contributed by atoms with Gasteiger partial charge in [-0.3, -0.25) is 4.11 Å². The molecule has 22 valence electrons. The lowest BCUT2D eigenvalue weighted by atomic mass is 11.0. The summed E-state index contributed by atoms with van der Waals surface area (Å²) in [7, 11) is -1.25. The fourth-order valence-corrected chi connectivity index (χ4v) is 0.347. The monoisotopic (exact) mass is 74.0 g/mol. The lowest BCUT2D eigenvalue weighted by Gasteiger charge is -1.39. The molecule has 0 bridgehead atoms. The molecule has 0 spiro atoms. The summed E-state index contributed by atoms with van der Waals surface area (Å²) in [6.45, 7) is 0. The van der Waals surface area contributed by atoms with E-state index in [1.54, 1.807) is 5.67 Å². The second kappa shape index (κ2) is 0.488. The van der Waals surface area contributed by atoms with Gasteiger partial charge < -0.3 is 0 Å². The molecule has 1 rings (SSSR count). The van der Waals surface area contributed by atoms with E-state index in [4.69, 9.17) is 0 Å². The van der Waals surface area contributed by atoms with Crippen molar-refractivity contribution < 1.29 is 4.11 Å². The van der Waals surface area contributed by atoms with Crippen LogP contribution in [0.2, 0.25) is 6.04 Å². The molecule has 0 aromatic heterocycles. The molecule has 0 aromatic carbocycles. The minimum atomic E-state index is -1.25. The Hall–Kier alpha value is 0.0169. The van der Waals surface area contributed by atoms with Gasteiger partial charge in [0.15, 0.2) is 0 Å². The molecule has 0 radical (unpaired) electrons. The number of hydrogen-bond acceptors (Lipinski definition) is 0. The maximum Gasteiger partial charge on any atom is 0.230 e. The second-order valence-corrected chi connectivity index (χ2v) is 2.57. The van der Waals surface area contributed by atoms with Gasteiger partial charge in [0.25, 0.3) is 0 Å². The van der Waals surface area contributed by atoms with Gasteiger partial charge in [-0.1, -0.05) is 5.67 Å². The van der Waals surface area contributed by atoms with Crippen molar-refractivity contribution in [3.05, 3.63) is 0 Å². The van der Waals surface area contributed by atoms with Gasteiger partial charge >= 0.3 is 0 Å². The van der Waals surface area contributed by atoms with Gasteiger partial charge in [-0.15, -0.1) is 0 Å². The van der Waals surface area contributed by atoms with E-state index >= 15 is 0 Å². The fraction of sp³-hybridized carbons (Fsp3) is 0.500. The Labute approximate surface area is 25.7 Å². The molecule has 0 saturated heterocycles. The highest BCUT2D eigenvalue weighted by atomic mass is 28.3. The first-order valence-electron chi connectivity index (χ1n) is 1.24. The Morgan fingerprint density at radius 2 is 2.25 bits per heavy atom. The molecule has 2 heteroatoms. The van der Waals surface area contributed by atoms with E-state index in [0.29, 0.717) is 0 Å². The van der Waals surface area contributed by atoms with Crippen LogP contribution in [0.4, 0.5) is 4.11 Å². The topological polar surface area (TPSA) is 0 Å². The van der Waals surface area contributed by atoms with Gasteiger partial charge in [-0.2, -0.15) is 0 Å². The Morgan fingerprint density at radius 3 is 2.25 bits per heavy atom. The summed E-state index contributed by atoms with van der Waals surface area (Å²) in [4.78, 5) is 0. The predicted octanol–water partition coefficient (Wildman–Crippen LogP) is 0.345. The molecule has 0 fully saturated rings. The van der Waals surface area contributed by atoms with Crippen molar-refractivity contribution in [1.82, 2.24) is 0 Å². The fourth-order valence-electron chi connectivity index (χ4n) is 0.0386. The molecule has 0 amide bonds. The maximum atomic E-state index is 11.2. The van der Waals surface area contributed by atoms with Gasteiger partial charge in [-0.05, 0) is 0 Å². The first kappa shape index (κ1) is 2.27. The van der Waals surface area contributed by atoms with Crippen molar-refractivity contribution in [1.29, 1.82) is 0 Å². The van der Waals surface area contributed by atoms with Crippen molar-refractivity contribution in [2.75, 3.05) is 0 Å². The number of halogens is 1. The van der Waals surface area contributed by atoms with Crippen molar-refractivity contribution in [2.45, 2.75) is 6.04 Å². The van der Waals surface area contributed by atoms with Crippen molar-refractivity contribution in [2.24, 2.45) is 0 Å². The van der Waals surface area contributed by atoms with Gasteiger partial charge in [-0.25, -0.2) is 0 Å². The van der Waals surface area contributed by atoms with Crippen molar-refractivity contribution >= 4 is 14.4 Å². The van der Waals surface area contributed by atoms with Gasteiger partial charge in [0.1, 0.15) is 0 Å². The van der Waals surface area contributed by atoms with E-state index in [2.05, 4.69) is 0 Å². The molecule has 4 heavy (non-hydrogen) atoms. The number of hydrogen-bond donors (Lipinski definition) is 0. The normalized spacial score (nSPS) is 19.8. The molecule has 0 atom stereocenters. The minimum absolute atomic E-state index is 0.796. The maximum absolute atomic E-state index is 11.2. The molecular weight excluding hydrogens is 71.1 g/mol. The highest BCUT2D eigenvalue weighted by Crippen LogP contribution is 1.92. The first-order chi connectivity index (χ1) is 1.89. The SMILES string of the molecule is F[Si]1=CC1. The lowest BCUT2D eigenvalue weighted by molar-refractivity contribution is 0.877. The van der Waals surface area contributed by atoms with Crippen molar-refractivity contribution in [3.8, 4) is 0 Å². The van der Waals surface area contributed by atoms with E-state index in [1.807, 2.05) is 0 Å². The molecule has 1 heterocycles. The third kappa shape index (κ3) is 0.229. The molecule has 1 aliphatic rings. The lowest BCUT2D eigenvalue weighted by Crippen LogP contribution is -1.51. The van der Waals surface area contributed by atoms with Crippen LogP contribution in [-0.4, -0.2) is 14.4 Å². The second-order valence-electron chi connectivity index (χ2n) is 0.855. The molecule has 0 N–H and O–H groups in total. The van der Waals surface area contributed by atoms with Crippen LogP contribution >= 0.6 is 0 Å². The Balaban J connectivity index is 2.54. The highest BCUT2D eigenvalue weighted by Gasteiger charge is 2.04. The van der Waals surface area contributed by atoms with Crippen LogP contribution in [0.1, 0.15) is 0 Å². The zero-order chi connectivity index (χ0) is 2.99. The zero-order valence-electron chi connectivity index (χ0n) is 2.16. The predicted molar refractivity (Wildman–Crippen MR) is 17.7 cm³/mol. The summed E-state index contributed by atoms with van der Waals surface area (Å²) < 4.78 is 11.2. The smallest absolute Gasteiger partial charge is 0.230 e. The summed E-state index contributed by atoms with van der Waals surface area (Å²) in [5, 5.41) is 0. The van der Waals surface area contributed by atoms with Crippen molar-refractivity contribution in [3.63, 3.8) is 0 Å². The standard InChI is InChI=1S/C2H3FSi/c3-4-1-2-4/h1H,2H2. The molecule has 0 aromatic rings. The quantitative estimate of drug-likeness (QED) is 0.287. The molecular formula is C2H3FSi. The van der Waals surface area contributed by atoms with Crippen LogP contribution < -0.4 is 0 Å². The third-order valence-electron chi connectivity index (χ3n) is 0.358. The zero-order valence-corrected chi connectivity index (χ0v) is 3.16. The van der Waals surface area contributed by atoms with E-state index < -0.39 is 8.74 Å². The van der Waals surface area contributed by atoms with Crippen LogP contribution in [0, 0.1) is 0 Å². The molecule has 1 aliphatic heterocycles. The molecule has 0 saturated carbocycles. The highest BCUT2D eigenvalue weighted by molar-refractivity contribution is 6.77. The van der Waals surface area contributed by atoms with Crippen LogP contribution in [0.5, 0.6) is 0 Å². The largest absolute Gasteiger partial charge is 0.284 e. The first-order valence-corrected chi connectivity index (χ1v) is 2.90. The molecule has 0 aliphatic carbocycles. The Kier molecular flexibility index (Phi) is 0.276. The van der Waals surface area contributed by atoms with Crippen LogP contribution in [-0.2, 0) is 0 Å². The van der Waals surface area contributed by atoms with E-state index in [9.17, 15) is 4.11 Å². The van der Waals surface area contributed by atoms with Crippen LogP contribution in [0.25, 0.3) is 0 Å². The van der Waals surface area contributed by atoms with Crippen LogP contribution in [0.15, 0.2) is 0 Å². The molecule has 0 unspecified atom stereocenters. The van der Waals surface area contributed by atoms with Gasteiger partial charge in [0.05, 0.1) is 0 Å². The molecule has 0 nitrogen and oxygen atoms in total. The summed E-state index contributed by atoms with van der Waals surface area (Å²) in [5.74, 6) is 0. The van der Waals surface area contributed by atoms with E-state index in [-0.39, 0.29) is 0 Å². The Morgan fingerprint density at radius 1 is 2.00 bits per heavy atom. The average molecular weight is 74.1 g/mol. The Bertz CT molecular complexity index is 57.1. The summed E-state index contributed by atoms with van der Waals surface area (Å²) in [6, 6.07) is 0.796. The summed E-state index contributed by atoms with van der Waals surface area (Å²) in [5.41, 5.74) is 1.73. The van der Waals surface area contributed by atoms with Gasteiger partial charge in [0, 0.05) is 6.04 Å². The van der Waals surface area contributed by atoms with E-state index in [0.717, 1.165) is 6.04 Å². The third-order valence-corrected chi connectivity index (χ3v) is 1.08. The van der Waals surface area contributed by atoms with Crippen LogP contribution in [0.3, 0.4) is 0 Å². The average Bonchev–Trinajstić information content (AvgIpc) is 1.75. The van der Waals surface area contributed by atoms with Gasteiger partial charge in [0.2, 0.25) is 8.74 Å². The number of rotatable bonds is 0. The summed E-state index contributed by atoms with van der Waals surface area (Å²) in [6.07, 6.45) is 0. The summed E-state index contributed by atoms with van der Waals surface area (Å²) >= 11 is 0. The minimum Gasteiger partial charge on any atom is -0.284 e. The van der Waals surface area contributed by atoms with E-state index in [1.165, 1.54) is 0 Å².